The molecule has 1 aromatic rings. The number of aliphatic hydroxyl groups is 1. The molecule has 2 rings (SSSR count). The van der Waals surface area contributed by atoms with E-state index >= 15 is 0 Å². The SMILES string of the molecule is Cn1cc(CC(O)C2CSCCO2)cn1. The molecule has 1 aliphatic rings. The number of hydrogen-bond acceptors (Lipinski definition) is 4. The zero-order chi connectivity index (χ0) is 10.7. The molecule has 1 N–H and O–H groups in total. The van der Waals surface area contributed by atoms with E-state index in [9.17, 15) is 5.11 Å². The molecule has 0 amide bonds. The van der Waals surface area contributed by atoms with Gasteiger partial charge in [-0.3, -0.25) is 4.68 Å². The normalized spacial score (nSPS) is 24.0. The van der Waals surface area contributed by atoms with E-state index in [4.69, 9.17) is 4.74 Å². The minimum atomic E-state index is -0.415. The summed E-state index contributed by atoms with van der Waals surface area (Å²) in [5.41, 5.74) is 1.06. The predicted octanol–water partition coefficient (Wildman–Crippen LogP) is 0.455. The van der Waals surface area contributed by atoms with Gasteiger partial charge in [-0.05, 0) is 5.56 Å². The Morgan fingerprint density at radius 2 is 2.67 bits per heavy atom. The van der Waals surface area contributed by atoms with Gasteiger partial charge in [0.05, 0.1) is 25.0 Å². The van der Waals surface area contributed by atoms with Crippen LogP contribution in [0.1, 0.15) is 5.56 Å². The van der Waals surface area contributed by atoms with Gasteiger partial charge in [0.1, 0.15) is 0 Å². The van der Waals surface area contributed by atoms with Crippen LogP contribution in [-0.4, -0.2) is 45.2 Å². The average molecular weight is 228 g/mol. The van der Waals surface area contributed by atoms with Gasteiger partial charge < -0.3 is 9.84 Å². The van der Waals surface area contributed by atoms with Gasteiger partial charge in [0.2, 0.25) is 0 Å². The molecule has 0 saturated carbocycles. The van der Waals surface area contributed by atoms with Crippen LogP contribution in [0.4, 0.5) is 0 Å². The topological polar surface area (TPSA) is 47.3 Å². The first-order valence-electron chi connectivity index (χ1n) is 5.10. The molecule has 4 nitrogen and oxygen atoms in total. The Bertz CT molecular complexity index is 310. The van der Waals surface area contributed by atoms with Crippen molar-refractivity contribution in [3.05, 3.63) is 18.0 Å². The molecule has 15 heavy (non-hydrogen) atoms. The summed E-state index contributed by atoms with van der Waals surface area (Å²) in [5, 5.41) is 14.0. The third-order valence-electron chi connectivity index (χ3n) is 2.47. The molecule has 5 heteroatoms. The van der Waals surface area contributed by atoms with Gasteiger partial charge in [-0.1, -0.05) is 0 Å². The van der Waals surface area contributed by atoms with Crippen LogP contribution in [-0.2, 0) is 18.2 Å². The van der Waals surface area contributed by atoms with Crippen molar-refractivity contribution in [2.45, 2.75) is 18.6 Å². The molecule has 84 valence electrons. The summed E-state index contributed by atoms with van der Waals surface area (Å²) in [7, 11) is 1.88. The molecule has 2 atom stereocenters. The highest BCUT2D eigenvalue weighted by molar-refractivity contribution is 7.99. The first-order chi connectivity index (χ1) is 7.25. The quantitative estimate of drug-likeness (QED) is 0.816. The molecular weight excluding hydrogens is 212 g/mol. The maximum atomic E-state index is 9.96. The van der Waals surface area contributed by atoms with Crippen molar-refractivity contribution in [1.82, 2.24) is 9.78 Å². The number of aliphatic hydroxyl groups excluding tert-OH is 1. The van der Waals surface area contributed by atoms with Crippen LogP contribution >= 0.6 is 11.8 Å². The number of hydrogen-bond donors (Lipinski definition) is 1. The molecule has 1 aromatic heterocycles. The Labute approximate surface area is 93.6 Å². The highest BCUT2D eigenvalue weighted by atomic mass is 32.2. The van der Waals surface area contributed by atoms with E-state index in [2.05, 4.69) is 5.10 Å². The number of ether oxygens (including phenoxy) is 1. The molecule has 2 unspecified atom stereocenters. The van der Waals surface area contributed by atoms with Crippen LogP contribution < -0.4 is 0 Å². The minimum Gasteiger partial charge on any atom is -0.390 e. The second kappa shape index (κ2) is 5.01. The van der Waals surface area contributed by atoms with Crippen molar-refractivity contribution in [3.63, 3.8) is 0 Å². The monoisotopic (exact) mass is 228 g/mol. The van der Waals surface area contributed by atoms with Crippen molar-refractivity contribution >= 4 is 11.8 Å². The van der Waals surface area contributed by atoms with Gasteiger partial charge in [0, 0.05) is 31.2 Å². The maximum Gasteiger partial charge on any atom is 0.0927 e. The summed E-state index contributed by atoms with van der Waals surface area (Å²) < 4.78 is 7.27. The number of rotatable bonds is 3. The number of nitrogens with zero attached hydrogens (tertiary/aromatic N) is 2. The van der Waals surface area contributed by atoms with E-state index in [0.29, 0.717) is 6.42 Å². The van der Waals surface area contributed by atoms with Gasteiger partial charge in [-0.2, -0.15) is 16.9 Å². The molecule has 0 spiro atoms. The zero-order valence-electron chi connectivity index (χ0n) is 8.80. The van der Waals surface area contributed by atoms with Gasteiger partial charge in [0.25, 0.3) is 0 Å². The molecule has 0 radical (unpaired) electrons. The summed E-state index contributed by atoms with van der Waals surface area (Å²) in [5.74, 6) is 1.93. The van der Waals surface area contributed by atoms with Crippen LogP contribution in [0, 0.1) is 0 Å². The lowest BCUT2D eigenvalue weighted by Crippen LogP contribution is -2.36. The summed E-state index contributed by atoms with van der Waals surface area (Å²) in [6, 6.07) is 0. The Balaban J connectivity index is 1.88. The zero-order valence-corrected chi connectivity index (χ0v) is 9.61. The lowest BCUT2D eigenvalue weighted by Gasteiger charge is -2.26. The van der Waals surface area contributed by atoms with Gasteiger partial charge in [-0.25, -0.2) is 0 Å². The summed E-state index contributed by atoms with van der Waals surface area (Å²) >= 11 is 1.84. The minimum absolute atomic E-state index is 0.0241. The van der Waals surface area contributed by atoms with Crippen LogP contribution in [0.3, 0.4) is 0 Å². The van der Waals surface area contributed by atoms with Crippen molar-refractivity contribution in [1.29, 1.82) is 0 Å². The van der Waals surface area contributed by atoms with E-state index in [0.717, 1.165) is 23.7 Å². The predicted molar refractivity (Wildman–Crippen MR) is 60.0 cm³/mol. The molecule has 0 bridgehead atoms. The van der Waals surface area contributed by atoms with Crippen LogP contribution in [0.5, 0.6) is 0 Å². The van der Waals surface area contributed by atoms with Gasteiger partial charge in [-0.15, -0.1) is 0 Å². The molecule has 1 fully saturated rings. The fourth-order valence-electron chi connectivity index (χ4n) is 1.68. The van der Waals surface area contributed by atoms with Crippen LogP contribution in [0.15, 0.2) is 12.4 Å². The van der Waals surface area contributed by atoms with Gasteiger partial charge in [0.15, 0.2) is 0 Å². The molecule has 0 aromatic carbocycles. The summed E-state index contributed by atoms with van der Waals surface area (Å²) in [4.78, 5) is 0. The first kappa shape index (κ1) is 11.0. The van der Waals surface area contributed by atoms with Crippen LogP contribution in [0.2, 0.25) is 0 Å². The van der Waals surface area contributed by atoms with E-state index in [1.807, 2.05) is 25.0 Å². The fourth-order valence-corrected chi connectivity index (χ4v) is 2.61. The van der Waals surface area contributed by atoms with Crippen molar-refractivity contribution in [3.8, 4) is 0 Å². The highest BCUT2D eigenvalue weighted by Gasteiger charge is 2.23. The Hall–Kier alpha value is -0.520. The van der Waals surface area contributed by atoms with E-state index in [-0.39, 0.29) is 6.10 Å². The van der Waals surface area contributed by atoms with E-state index in [1.54, 1.807) is 10.9 Å². The lowest BCUT2D eigenvalue weighted by atomic mass is 10.1. The third-order valence-corrected chi connectivity index (χ3v) is 3.49. The summed E-state index contributed by atoms with van der Waals surface area (Å²) in [6.07, 6.45) is 3.91. The fraction of sp³-hybridized carbons (Fsp3) is 0.700. The highest BCUT2D eigenvalue weighted by Crippen LogP contribution is 2.17. The standard InChI is InChI=1S/C10H16N2O2S/c1-12-6-8(5-11-12)4-9(13)10-7-15-3-2-14-10/h5-6,9-10,13H,2-4,7H2,1H3. The second-order valence-electron chi connectivity index (χ2n) is 3.78. The number of thioether (sulfide) groups is 1. The third kappa shape index (κ3) is 2.96. The lowest BCUT2D eigenvalue weighted by molar-refractivity contribution is -0.0208. The Morgan fingerprint density at radius 1 is 1.80 bits per heavy atom. The molecule has 0 aliphatic carbocycles. The Morgan fingerprint density at radius 3 is 3.27 bits per heavy atom. The van der Waals surface area contributed by atoms with Crippen molar-refractivity contribution in [2.24, 2.45) is 7.05 Å². The number of aromatic nitrogens is 2. The van der Waals surface area contributed by atoms with E-state index < -0.39 is 6.10 Å². The second-order valence-corrected chi connectivity index (χ2v) is 4.93. The average Bonchev–Trinajstić information content (AvgIpc) is 2.65. The summed E-state index contributed by atoms with van der Waals surface area (Å²) in [6.45, 7) is 0.749. The molecule has 1 aliphatic heterocycles. The molecule has 1 saturated heterocycles. The smallest absolute Gasteiger partial charge is 0.0927 e. The van der Waals surface area contributed by atoms with Crippen molar-refractivity contribution < 1.29 is 9.84 Å². The molecular formula is C10H16N2O2S. The van der Waals surface area contributed by atoms with E-state index in [1.165, 1.54) is 0 Å². The first-order valence-corrected chi connectivity index (χ1v) is 6.26. The Kier molecular flexibility index (Phi) is 3.66. The maximum absolute atomic E-state index is 9.96. The van der Waals surface area contributed by atoms with Crippen LogP contribution in [0.25, 0.3) is 0 Å². The van der Waals surface area contributed by atoms with Gasteiger partial charge >= 0.3 is 0 Å². The molecule has 2 heterocycles. The largest absolute Gasteiger partial charge is 0.390 e. The number of aryl methyl sites for hydroxylation is 1. The van der Waals surface area contributed by atoms with Crippen molar-refractivity contribution in [2.75, 3.05) is 18.1 Å².